The summed E-state index contributed by atoms with van der Waals surface area (Å²) in [6.07, 6.45) is 0. The van der Waals surface area contributed by atoms with Crippen molar-refractivity contribution in [3.63, 3.8) is 0 Å². The Balaban J connectivity index is 2.19. The Hall–Kier alpha value is -2.58. The van der Waals surface area contributed by atoms with Crippen molar-refractivity contribution in [3.05, 3.63) is 71.8 Å². The lowest BCUT2D eigenvalue weighted by atomic mass is 10.2. The Kier molecular flexibility index (Phi) is 8.48. The van der Waals surface area contributed by atoms with Gasteiger partial charge in [0.15, 0.2) is 0 Å². The molecule has 1 unspecified atom stereocenters. The van der Waals surface area contributed by atoms with E-state index < -0.39 is 28.4 Å². The second-order valence-corrected chi connectivity index (χ2v) is 8.80. The molecule has 0 saturated heterocycles. The summed E-state index contributed by atoms with van der Waals surface area (Å²) < 4.78 is -0.726. The first-order valence-corrected chi connectivity index (χ1v) is 10.6. The Morgan fingerprint density at radius 2 is 1.21 bits per heavy atom. The molecule has 2 rings (SSSR count). The lowest BCUT2D eigenvalue weighted by Crippen LogP contribution is -2.43. The van der Waals surface area contributed by atoms with Gasteiger partial charge in [0, 0.05) is 11.1 Å². The molecule has 0 aliphatic rings. The van der Waals surface area contributed by atoms with Crippen LogP contribution in [0.2, 0.25) is 0 Å². The monoisotopic (exact) mass is 431 g/mol. The molecule has 6 nitrogen and oxygen atoms in total. The van der Waals surface area contributed by atoms with Gasteiger partial charge in [0.1, 0.15) is 6.04 Å². The normalized spacial score (nSPS) is 12.8. The Morgan fingerprint density at radius 1 is 0.793 bits per heavy atom. The first kappa shape index (κ1) is 22.7. The van der Waals surface area contributed by atoms with Crippen LogP contribution in [0, 0.1) is 5.92 Å². The predicted molar refractivity (Wildman–Crippen MR) is 115 cm³/mol. The molecular weight excluding hydrogens is 410 g/mol. The van der Waals surface area contributed by atoms with Crippen molar-refractivity contribution in [2.45, 2.75) is 24.5 Å². The molecular formula is C21H21NO5S2. The number of carbonyl (C=O) groups excluding carboxylic acids is 3. The number of hydrogen-bond acceptors (Lipinski definition) is 6. The Bertz CT molecular complexity index is 820. The molecule has 152 valence electrons. The van der Waals surface area contributed by atoms with Gasteiger partial charge >= 0.3 is 5.97 Å². The minimum absolute atomic E-state index is 0.269. The lowest BCUT2D eigenvalue weighted by Gasteiger charge is -2.22. The topological polar surface area (TPSA) is 101 Å². The van der Waals surface area contributed by atoms with Crippen molar-refractivity contribution < 1.29 is 24.3 Å². The molecule has 2 aromatic rings. The minimum atomic E-state index is -1.16. The van der Waals surface area contributed by atoms with E-state index in [0.717, 1.165) is 23.5 Å². The fraction of sp³-hybridized carbons (Fsp3) is 0.238. The van der Waals surface area contributed by atoms with E-state index in [-0.39, 0.29) is 10.2 Å². The van der Waals surface area contributed by atoms with E-state index in [2.05, 4.69) is 5.32 Å². The summed E-state index contributed by atoms with van der Waals surface area (Å²) in [5.74, 6) is -2.48. The molecule has 2 N–H and O–H groups in total. The highest BCUT2D eigenvalue weighted by Gasteiger charge is 2.32. The van der Waals surface area contributed by atoms with Gasteiger partial charge in [-0.3, -0.25) is 19.2 Å². The maximum absolute atomic E-state index is 12.6. The number of benzene rings is 2. The summed E-state index contributed by atoms with van der Waals surface area (Å²) in [6.45, 7) is 2.93. The highest BCUT2D eigenvalue weighted by molar-refractivity contribution is 8.30. The molecule has 2 atom stereocenters. The van der Waals surface area contributed by atoms with Crippen LogP contribution in [-0.2, 0) is 9.59 Å². The molecule has 1 amide bonds. The summed E-state index contributed by atoms with van der Waals surface area (Å²) in [7, 11) is 0. The van der Waals surface area contributed by atoms with Crippen LogP contribution in [0.15, 0.2) is 60.7 Å². The average molecular weight is 432 g/mol. The number of thioether (sulfide) groups is 2. The summed E-state index contributed by atoms with van der Waals surface area (Å²) in [4.78, 5) is 48.8. The van der Waals surface area contributed by atoms with Crippen molar-refractivity contribution in [2.75, 3.05) is 0 Å². The van der Waals surface area contributed by atoms with Crippen LogP contribution in [0.1, 0.15) is 34.6 Å². The average Bonchev–Trinajstić information content (AvgIpc) is 2.73. The Morgan fingerprint density at radius 3 is 1.59 bits per heavy atom. The van der Waals surface area contributed by atoms with Gasteiger partial charge in [0.05, 0.1) is 10.5 Å². The van der Waals surface area contributed by atoms with Gasteiger partial charge in [0.25, 0.3) is 0 Å². The molecule has 0 spiro atoms. The molecule has 2 aromatic carbocycles. The van der Waals surface area contributed by atoms with E-state index in [4.69, 9.17) is 5.11 Å². The first-order valence-electron chi connectivity index (χ1n) is 8.85. The van der Waals surface area contributed by atoms with Crippen LogP contribution >= 0.6 is 23.5 Å². The van der Waals surface area contributed by atoms with E-state index in [9.17, 15) is 19.2 Å². The zero-order valence-electron chi connectivity index (χ0n) is 15.9. The molecule has 0 fully saturated rings. The van der Waals surface area contributed by atoms with Crippen molar-refractivity contribution >= 4 is 45.6 Å². The highest BCUT2D eigenvalue weighted by atomic mass is 32.2. The van der Waals surface area contributed by atoms with Gasteiger partial charge in [-0.25, -0.2) is 0 Å². The molecule has 0 bridgehead atoms. The molecule has 0 aromatic heterocycles. The lowest BCUT2D eigenvalue weighted by molar-refractivity contribution is -0.141. The first-order chi connectivity index (χ1) is 13.8. The number of carbonyl (C=O) groups is 4. The predicted octanol–water partition coefficient (Wildman–Crippen LogP) is 3.69. The summed E-state index contributed by atoms with van der Waals surface area (Å²) in [5.41, 5.74) is 0.920. The second-order valence-electron chi connectivity index (χ2n) is 6.27. The fourth-order valence-corrected chi connectivity index (χ4v) is 4.59. The van der Waals surface area contributed by atoms with E-state index in [0.29, 0.717) is 11.1 Å². The Labute approximate surface area is 177 Å². The smallest absolute Gasteiger partial charge is 0.325 e. The van der Waals surface area contributed by atoms with E-state index in [1.165, 1.54) is 6.92 Å². The zero-order chi connectivity index (χ0) is 21.4. The zero-order valence-corrected chi connectivity index (χ0v) is 17.5. The minimum Gasteiger partial charge on any atom is -0.480 e. The SMILES string of the molecule is CC(C(=O)N[C@H](C)C(=O)O)C(SC(=O)c1ccccc1)SC(=O)c1ccccc1. The van der Waals surface area contributed by atoms with Crippen LogP contribution in [0.4, 0.5) is 0 Å². The van der Waals surface area contributed by atoms with Crippen molar-refractivity contribution in [2.24, 2.45) is 5.92 Å². The summed E-state index contributed by atoms with van der Waals surface area (Å²) in [5, 5.41) is 10.9. The number of aliphatic carboxylic acids is 1. The van der Waals surface area contributed by atoms with Crippen LogP contribution in [-0.4, -0.2) is 37.8 Å². The number of nitrogens with one attached hydrogen (secondary N) is 1. The van der Waals surface area contributed by atoms with Gasteiger partial charge in [-0.05, 0) is 6.92 Å². The van der Waals surface area contributed by atoms with Crippen molar-refractivity contribution in [1.82, 2.24) is 5.32 Å². The van der Waals surface area contributed by atoms with Crippen molar-refractivity contribution in [3.8, 4) is 0 Å². The van der Waals surface area contributed by atoms with E-state index in [1.807, 2.05) is 0 Å². The number of carboxylic acid groups (broad SMARTS) is 1. The van der Waals surface area contributed by atoms with Gasteiger partial charge in [-0.2, -0.15) is 0 Å². The van der Waals surface area contributed by atoms with Gasteiger partial charge < -0.3 is 10.4 Å². The molecule has 8 heteroatoms. The van der Waals surface area contributed by atoms with Crippen molar-refractivity contribution in [1.29, 1.82) is 0 Å². The quantitative estimate of drug-likeness (QED) is 0.615. The van der Waals surface area contributed by atoms with Crippen LogP contribution in [0.25, 0.3) is 0 Å². The second kappa shape index (κ2) is 10.8. The largest absolute Gasteiger partial charge is 0.480 e. The maximum Gasteiger partial charge on any atom is 0.325 e. The van der Waals surface area contributed by atoms with Gasteiger partial charge in [-0.1, -0.05) is 91.1 Å². The third-order valence-corrected chi connectivity index (χ3v) is 6.77. The molecule has 0 saturated carbocycles. The molecule has 0 aliphatic carbocycles. The van der Waals surface area contributed by atoms with Gasteiger partial charge in [0.2, 0.25) is 16.1 Å². The number of rotatable bonds is 8. The highest BCUT2D eigenvalue weighted by Crippen LogP contribution is 2.35. The number of carboxylic acids is 1. The molecule has 0 radical (unpaired) electrons. The molecule has 29 heavy (non-hydrogen) atoms. The number of amides is 1. The standard InChI is InChI=1S/C21H21NO5S2/c1-13(17(23)22-14(2)18(24)25)21(28-19(26)15-9-5-3-6-10-15)29-20(27)16-11-7-4-8-12-16/h3-14,21H,1-2H3,(H,22,23)(H,24,25)/t13?,14-/m1/s1. The number of hydrogen-bond donors (Lipinski definition) is 2. The van der Waals surface area contributed by atoms with Crippen LogP contribution in [0.5, 0.6) is 0 Å². The fourth-order valence-electron chi connectivity index (χ4n) is 2.25. The van der Waals surface area contributed by atoms with Gasteiger partial charge in [-0.15, -0.1) is 0 Å². The maximum atomic E-state index is 12.6. The third-order valence-electron chi connectivity index (χ3n) is 4.02. The summed E-state index contributed by atoms with van der Waals surface area (Å²) >= 11 is 1.78. The van der Waals surface area contributed by atoms with E-state index >= 15 is 0 Å². The van der Waals surface area contributed by atoms with Crippen LogP contribution in [0.3, 0.4) is 0 Å². The third kappa shape index (κ3) is 6.76. The van der Waals surface area contributed by atoms with E-state index in [1.54, 1.807) is 67.6 Å². The van der Waals surface area contributed by atoms with Crippen LogP contribution < -0.4 is 5.32 Å². The molecule has 0 aliphatic heterocycles. The summed E-state index contributed by atoms with van der Waals surface area (Å²) in [6, 6.07) is 16.1. The molecule has 0 heterocycles.